The molecule has 3 N–H and O–H groups in total. The van der Waals surface area contributed by atoms with Gasteiger partial charge in [0.25, 0.3) is 0 Å². The molecule has 1 aromatic rings. The van der Waals surface area contributed by atoms with E-state index in [0.717, 1.165) is 24.2 Å². The Morgan fingerprint density at radius 3 is 2.29 bits per heavy atom. The van der Waals surface area contributed by atoms with Gasteiger partial charge in [-0.3, -0.25) is 11.3 Å². The molecule has 1 atom stereocenters. The molecule has 118 valence electrons. The van der Waals surface area contributed by atoms with Gasteiger partial charge in [0.1, 0.15) is 0 Å². The molecule has 2 heteroatoms. The SMILES string of the molecule is Cc1ccc(C)c(CC(NN)C2CCC(C(C)C)CC2)c1. The first-order valence-electron chi connectivity index (χ1n) is 8.53. The normalized spacial score (nSPS) is 24.3. The monoisotopic (exact) mass is 288 g/mol. The van der Waals surface area contributed by atoms with Crippen molar-refractivity contribution in [3.05, 3.63) is 34.9 Å². The number of hydrogen-bond acceptors (Lipinski definition) is 2. The molecule has 0 aliphatic heterocycles. The third-order valence-corrected chi connectivity index (χ3v) is 5.49. The highest BCUT2D eigenvalue weighted by molar-refractivity contribution is 5.31. The van der Waals surface area contributed by atoms with Crippen molar-refractivity contribution < 1.29 is 0 Å². The number of benzene rings is 1. The van der Waals surface area contributed by atoms with Crippen LogP contribution in [0.5, 0.6) is 0 Å². The van der Waals surface area contributed by atoms with E-state index in [2.05, 4.69) is 51.3 Å². The molecule has 1 saturated carbocycles. The van der Waals surface area contributed by atoms with Crippen molar-refractivity contribution in [1.82, 2.24) is 5.43 Å². The van der Waals surface area contributed by atoms with Crippen molar-refractivity contribution in [3.63, 3.8) is 0 Å². The lowest BCUT2D eigenvalue weighted by Crippen LogP contribution is -2.44. The first-order valence-corrected chi connectivity index (χ1v) is 8.53. The molecular weight excluding hydrogens is 256 g/mol. The van der Waals surface area contributed by atoms with Gasteiger partial charge < -0.3 is 0 Å². The summed E-state index contributed by atoms with van der Waals surface area (Å²) in [5, 5.41) is 0. The van der Waals surface area contributed by atoms with Gasteiger partial charge >= 0.3 is 0 Å². The van der Waals surface area contributed by atoms with Crippen molar-refractivity contribution >= 4 is 0 Å². The van der Waals surface area contributed by atoms with E-state index in [0.29, 0.717) is 6.04 Å². The molecule has 21 heavy (non-hydrogen) atoms. The van der Waals surface area contributed by atoms with E-state index in [1.807, 2.05) is 0 Å². The van der Waals surface area contributed by atoms with Gasteiger partial charge in [0, 0.05) is 6.04 Å². The molecule has 1 aliphatic rings. The average molecular weight is 288 g/mol. The minimum Gasteiger partial charge on any atom is -0.271 e. The largest absolute Gasteiger partial charge is 0.271 e. The molecule has 0 radical (unpaired) electrons. The molecule has 1 aliphatic carbocycles. The summed E-state index contributed by atoms with van der Waals surface area (Å²) in [5.41, 5.74) is 7.29. The number of nitrogens with two attached hydrogens (primary N) is 1. The summed E-state index contributed by atoms with van der Waals surface area (Å²) < 4.78 is 0. The Hall–Kier alpha value is -0.860. The fourth-order valence-corrected chi connectivity index (χ4v) is 3.83. The van der Waals surface area contributed by atoms with Crippen molar-refractivity contribution in [2.45, 2.75) is 65.8 Å². The standard InChI is InChI=1S/C19H32N2/c1-13(2)16-7-9-17(10-8-16)19(21-20)12-18-11-14(3)5-6-15(18)4/h5-6,11,13,16-17,19,21H,7-10,12,20H2,1-4H3. The average Bonchev–Trinajstić information content (AvgIpc) is 2.48. The van der Waals surface area contributed by atoms with E-state index in [4.69, 9.17) is 5.84 Å². The van der Waals surface area contributed by atoms with Crippen LogP contribution in [0.3, 0.4) is 0 Å². The van der Waals surface area contributed by atoms with Gasteiger partial charge in [0.05, 0.1) is 0 Å². The van der Waals surface area contributed by atoms with E-state index < -0.39 is 0 Å². The van der Waals surface area contributed by atoms with Crippen LogP contribution in [0.15, 0.2) is 18.2 Å². The Kier molecular flexibility index (Phi) is 5.83. The first kappa shape index (κ1) is 16.5. The molecule has 1 fully saturated rings. The third kappa shape index (κ3) is 4.31. The second kappa shape index (κ2) is 7.42. The third-order valence-electron chi connectivity index (χ3n) is 5.49. The zero-order chi connectivity index (χ0) is 15.4. The van der Waals surface area contributed by atoms with Crippen LogP contribution in [0.2, 0.25) is 0 Å². The van der Waals surface area contributed by atoms with Gasteiger partial charge in [-0.25, -0.2) is 0 Å². The summed E-state index contributed by atoms with van der Waals surface area (Å²) in [5.74, 6) is 8.36. The number of rotatable bonds is 5. The van der Waals surface area contributed by atoms with Crippen molar-refractivity contribution in [3.8, 4) is 0 Å². The molecule has 2 rings (SSSR count). The molecule has 0 bridgehead atoms. The Morgan fingerprint density at radius 2 is 1.71 bits per heavy atom. The van der Waals surface area contributed by atoms with Gasteiger partial charge in [0.15, 0.2) is 0 Å². The van der Waals surface area contributed by atoms with Crippen LogP contribution >= 0.6 is 0 Å². The van der Waals surface area contributed by atoms with Crippen LogP contribution < -0.4 is 11.3 Å². The molecular formula is C19H32N2. The topological polar surface area (TPSA) is 38.0 Å². The van der Waals surface area contributed by atoms with Gasteiger partial charge in [-0.05, 0) is 74.8 Å². The van der Waals surface area contributed by atoms with E-state index in [1.165, 1.54) is 42.4 Å². The maximum Gasteiger partial charge on any atom is 0.0279 e. The Balaban J connectivity index is 1.99. The first-order chi connectivity index (χ1) is 10.0. The quantitative estimate of drug-likeness (QED) is 0.631. The lowest BCUT2D eigenvalue weighted by molar-refractivity contribution is 0.188. The smallest absolute Gasteiger partial charge is 0.0279 e. The van der Waals surface area contributed by atoms with Crippen molar-refractivity contribution in [1.29, 1.82) is 0 Å². The second-order valence-electron chi connectivity index (χ2n) is 7.33. The predicted octanol–water partition coefficient (Wildman–Crippen LogP) is 4.14. The summed E-state index contributed by atoms with van der Waals surface area (Å²) in [4.78, 5) is 0. The molecule has 0 heterocycles. The second-order valence-corrected chi connectivity index (χ2v) is 7.33. The van der Waals surface area contributed by atoms with Crippen molar-refractivity contribution in [2.75, 3.05) is 0 Å². The molecule has 0 spiro atoms. The zero-order valence-corrected chi connectivity index (χ0v) is 14.2. The molecule has 0 saturated heterocycles. The predicted molar refractivity (Wildman–Crippen MR) is 91.0 cm³/mol. The van der Waals surface area contributed by atoms with Gasteiger partial charge in [0.2, 0.25) is 0 Å². The highest BCUT2D eigenvalue weighted by Crippen LogP contribution is 2.35. The van der Waals surface area contributed by atoms with Gasteiger partial charge in [-0.15, -0.1) is 0 Å². The Morgan fingerprint density at radius 1 is 1.10 bits per heavy atom. The van der Waals surface area contributed by atoms with Crippen LogP contribution in [0.1, 0.15) is 56.2 Å². The zero-order valence-electron chi connectivity index (χ0n) is 14.2. The minimum atomic E-state index is 0.415. The Labute approximate surface area is 130 Å². The molecule has 0 aromatic heterocycles. The van der Waals surface area contributed by atoms with Gasteiger partial charge in [-0.2, -0.15) is 0 Å². The minimum absolute atomic E-state index is 0.415. The maximum atomic E-state index is 5.88. The van der Waals surface area contributed by atoms with Crippen LogP contribution in [0.4, 0.5) is 0 Å². The van der Waals surface area contributed by atoms with Crippen LogP contribution in [-0.4, -0.2) is 6.04 Å². The summed E-state index contributed by atoms with van der Waals surface area (Å²) >= 11 is 0. The van der Waals surface area contributed by atoms with Gasteiger partial charge in [-0.1, -0.05) is 37.6 Å². The fourth-order valence-electron chi connectivity index (χ4n) is 3.83. The van der Waals surface area contributed by atoms with Crippen LogP contribution in [0.25, 0.3) is 0 Å². The van der Waals surface area contributed by atoms with Crippen molar-refractivity contribution in [2.24, 2.45) is 23.6 Å². The fraction of sp³-hybridized carbons (Fsp3) is 0.684. The van der Waals surface area contributed by atoms with E-state index in [-0.39, 0.29) is 0 Å². The summed E-state index contributed by atoms with van der Waals surface area (Å²) in [7, 11) is 0. The molecule has 0 amide bonds. The highest BCUT2D eigenvalue weighted by Gasteiger charge is 2.28. The molecule has 1 aromatic carbocycles. The number of aryl methyl sites for hydroxylation is 2. The lowest BCUT2D eigenvalue weighted by atomic mass is 9.73. The summed E-state index contributed by atoms with van der Waals surface area (Å²) in [6, 6.07) is 7.16. The number of hydrogen-bond donors (Lipinski definition) is 2. The Bertz CT molecular complexity index is 445. The highest BCUT2D eigenvalue weighted by atomic mass is 15.2. The molecule has 2 nitrogen and oxygen atoms in total. The summed E-state index contributed by atoms with van der Waals surface area (Å²) in [6.07, 6.45) is 6.44. The van der Waals surface area contributed by atoms with E-state index >= 15 is 0 Å². The molecule has 1 unspecified atom stereocenters. The van der Waals surface area contributed by atoms with Crippen LogP contribution in [-0.2, 0) is 6.42 Å². The number of hydrazine groups is 1. The lowest BCUT2D eigenvalue weighted by Gasteiger charge is -2.35. The van der Waals surface area contributed by atoms with Crippen LogP contribution in [0, 0.1) is 31.6 Å². The summed E-state index contributed by atoms with van der Waals surface area (Å²) in [6.45, 7) is 9.10. The van der Waals surface area contributed by atoms with E-state index in [9.17, 15) is 0 Å². The maximum absolute atomic E-state index is 5.88. The van der Waals surface area contributed by atoms with E-state index in [1.54, 1.807) is 0 Å². The number of nitrogens with one attached hydrogen (secondary N) is 1.